The summed E-state index contributed by atoms with van der Waals surface area (Å²) in [6.07, 6.45) is 3.24. The zero-order chi connectivity index (χ0) is 22.6. The molecule has 0 bridgehead atoms. The maximum Gasteiger partial charge on any atom is 0.345 e. The minimum atomic E-state index is -2.86. The lowest BCUT2D eigenvalue weighted by Gasteiger charge is -2.33. The van der Waals surface area contributed by atoms with Crippen LogP contribution in [0.3, 0.4) is 0 Å². The molecule has 0 saturated heterocycles. The first-order valence-electron chi connectivity index (χ1n) is 9.16. The van der Waals surface area contributed by atoms with Crippen molar-refractivity contribution in [2.45, 2.75) is 37.2 Å². The average Bonchev–Trinajstić information content (AvgIpc) is 2.71. The Morgan fingerprint density at radius 1 is 1.48 bits per heavy atom. The van der Waals surface area contributed by atoms with Crippen LogP contribution in [-0.4, -0.2) is 39.4 Å². The minimum Gasteiger partial charge on any atom is -0.379 e. The van der Waals surface area contributed by atoms with E-state index in [1.807, 2.05) is 13.0 Å². The van der Waals surface area contributed by atoms with E-state index in [4.69, 9.17) is 22.6 Å². The van der Waals surface area contributed by atoms with Gasteiger partial charge in [-0.15, -0.1) is 0 Å². The van der Waals surface area contributed by atoms with Gasteiger partial charge in [0, 0.05) is 24.1 Å². The molecule has 2 aromatic rings. The lowest BCUT2D eigenvalue weighted by Crippen LogP contribution is -2.36. The third kappa shape index (κ3) is 5.76. The Morgan fingerprint density at radius 3 is 2.94 bits per heavy atom. The fourth-order valence-electron chi connectivity index (χ4n) is 3.26. The number of halogens is 3. The van der Waals surface area contributed by atoms with E-state index in [-0.39, 0.29) is 45.5 Å². The molecule has 162 valence electrons. The minimum absolute atomic E-state index is 0.0100. The van der Waals surface area contributed by atoms with Crippen molar-refractivity contribution in [3.05, 3.63) is 58.1 Å². The number of ketones is 1. The second-order valence-electron chi connectivity index (χ2n) is 7.08. The molecule has 7 nitrogen and oxygen atoms in total. The monoisotopic (exact) mass is 465 g/mol. The number of nitriles is 1. The normalized spacial score (nSPS) is 20.9. The van der Waals surface area contributed by atoms with Gasteiger partial charge >= 0.3 is 6.61 Å². The molecule has 0 saturated carbocycles. The average molecular weight is 466 g/mol. The molecule has 0 aliphatic carbocycles. The number of nitrogens with zero attached hydrogens (tertiary/aromatic N) is 4. The number of pyridine rings is 2. The quantitative estimate of drug-likeness (QED) is 0.620. The van der Waals surface area contributed by atoms with E-state index in [2.05, 4.69) is 19.7 Å². The third-order valence-electron chi connectivity index (χ3n) is 4.65. The number of amidine groups is 1. The standard InChI is InChI=1S/C20H18ClF2N5O2S/c1-20(7-13(10-30-18(22)23)31-19(25)28-20)16-6-11(2-3-26-16)5-15(29)17-14(21)4-12(8-24)9-27-17/h2-4,6,9,13,18H,5,7,10H2,1H3,(H2,25,28)/t13-,20-/m0/s1. The number of rotatable bonds is 7. The SMILES string of the molecule is C[C@@]1(c2cc(CC(=O)c3ncc(C#N)cc3Cl)ccn2)C[C@@H](COC(F)F)SC(N)=N1. The van der Waals surface area contributed by atoms with Gasteiger partial charge in [0.25, 0.3) is 0 Å². The summed E-state index contributed by atoms with van der Waals surface area (Å²) >= 11 is 7.27. The van der Waals surface area contributed by atoms with Crippen molar-refractivity contribution in [3.8, 4) is 6.07 Å². The molecule has 1 aliphatic rings. The van der Waals surface area contributed by atoms with E-state index in [0.29, 0.717) is 17.7 Å². The van der Waals surface area contributed by atoms with Crippen LogP contribution >= 0.6 is 23.4 Å². The van der Waals surface area contributed by atoms with Crippen molar-refractivity contribution < 1.29 is 18.3 Å². The van der Waals surface area contributed by atoms with Crippen molar-refractivity contribution in [1.29, 1.82) is 5.26 Å². The zero-order valence-electron chi connectivity index (χ0n) is 16.4. The lowest BCUT2D eigenvalue weighted by atomic mass is 9.90. The van der Waals surface area contributed by atoms with Crippen molar-refractivity contribution in [2.75, 3.05) is 6.61 Å². The first kappa shape index (κ1) is 23.1. The van der Waals surface area contributed by atoms with Crippen molar-refractivity contribution in [2.24, 2.45) is 10.7 Å². The third-order valence-corrected chi connectivity index (χ3v) is 5.91. The van der Waals surface area contributed by atoms with Gasteiger partial charge < -0.3 is 10.5 Å². The Hall–Kier alpha value is -2.61. The highest BCUT2D eigenvalue weighted by molar-refractivity contribution is 8.14. The van der Waals surface area contributed by atoms with Crippen LogP contribution in [0.4, 0.5) is 8.78 Å². The smallest absolute Gasteiger partial charge is 0.345 e. The Kier molecular flexibility index (Phi) is 7.20. The van der Waals surface area contributed by atoms with Crippen molar-refractivity contribution in [3.63, 3.8) is 0 Å². The van der Waals surface area contributed by atoms with Gasteiger partial charge in [0.15, 0.2) is 11.0 Å². The summed E-state index contributed by atoms with van der Waals surface area (Å²) in [6, 6.07) is 6.72. The fourth-order valence-corrected chi connectivity index (χ4v) is 4.68. The van der Waals surface area contributed by atoms with Gasteiger partial charge in [-0.05, 0) is 37.1 Å². The predicted molar refractivity (Wildman–Crippen MR) is 113 cm³/mol. The summed E-state index contributed by atoms with van der Waals surface area (Å²) in [5.41, 5.74) is 6.62. The van der Waals surface area contributed by atoms with Gasteiger partial charge in [0.05, 0.1) is 22.9 Å². The molecule has 0 unspecified atom stereocenters. The zero-order valence-corrected chi connectivity index (χ0v) is 18.0. The fraction of sp³-hybridized carbons (Fsp3) is 0.350. The topological polar surface area (TPSA) is 114 Å². The second-order valence-corrected chi connectivity index (χ2v) is 8.81. The highest BCUT2D eigenvalue weighted by atomic mass is 35.5. The predicted octanol–water partition coefficient (Wildman–Crippen LogP) is 3.70. The van der Waals surface area contributed by atoms with E-state index < -0.39 is 12.2 Å². The molecular formula is C20H18ClF2N5O2S. The maximum absolute atomic E-state index is 12.7. The molecule has 2 atom stereocenters. The van der Waals surface area contributed by atoms with E-state index in [1.54, 1.807) is 18.3 Å². The molecule has 0 radical (unpaired) electrons. The highest BCUT2D eigenvalue weighted by Gasteiger charge is 2.36. The van der Waals surface area contributed by atoms with Gasteiger partial charge in [-0.3, -0.25) is 14.8 Å². The van der Waals surface area contributed by atoms with Crippen LogP contribution in [0.15, 0.2) is 35.6 Å². The molecule has 3 rings (SSSR count). The van der Waals surface area contributed by atoms with E-state index in [0.717, 1.165) is 0 Å². The Balaban J connectivity index is 1.80. The highest BCUT2D eigenvalue weighted by Crippen LogP contribution is 2.38. The Labute approximate surface area is 186 Å². The van der Waals surface area contributed by atoms with Crippen LogP contribution in [-0.2, 0) is 16.7 Å². The molecule has 2 N–H and O–H groups in total. The first-order chi connectivity index (χ1) is 14.7. The van der Waals surface area contributed by atoms with Gasteiger partial charge in [0.1, 0.15) is 17.3 Å². The number of hydrogen-bond acceptors (Lipinski definition) is 8. The Bertz CT molecular complexity index is 1060. The van der Waals surface area contributed by atoms with Crippen LogP contribution < -0.4 is 5.73 Å². The van der Waals surface area contributed by atoms with Crippen LogP contribution in [0, 0.1) is 11.3 Å². The number of Topliss-reactive ketones (excluding diaryl/α,β-unsaturated/α-hetero) is 1. The second kappa shape index (κ2) is 9.68. The number of carbonyl (C=O) groups is 1. The number of nitrogens with two attached hydrogens (primary N) is 1. The molecule has 11 heteroatoms. The number of ether oxygens (including phenoxy) is 1. The summed E-state index contributed by atoms with van der Waals surface area (Å²) in [5.74, 6) is -0.317. The summed E-state index contributed by atoms with van der Waals surface area (Å²) in [5, 5.41) is 8.95. The summed E-state index contributed by atoms with van der Waals surface area (Å²) in [4.78, 5) is 25.5. The molecule has 31 heavy (non-hydrogen) atoms. The van der Waals surface area contributed by atoms with E-state index in [9.17, 15) is 13.6 Å². The van der Waals surface area contributed by atoms with E-state index in [1.165, 1.54) is 24.0 Å². The van der Waals surface area contributed by atoms with Gasteiger partial charge in [-0.2, -0.15) is 14.0 Å². The molecule has 1 aliphatic heterocycles. The molecule has 2 aromatic heterocycles. The van der Waals surface area contributed by atoms with Crippen molar-refractivity contribution >= 4 is 34.3 Å². The number of alkyl halides is 2. The van der Waals surface area contributed by atoms with Crippen molar-refractivity contribution in [1.82, 2.24) is 9.97 Å². The van der Waals surface area contributed by atoms with Crippen LogP contribution in [0.2, 0.25) is 5.02 Å². The largest absolute Gasteiger partial charge is 0.379 e. The summed E-state index contributed by atoms with van der Waals surface area (Å²) in [7, 11) is 0. The summed E-state index contributed by atoms with van der Waals surface area (Å²) in [6.45, 7) is -1.22. The van der Waals surface area contributed by atoms with Crippen LogP contribution in [0.1, 0.15) is 40.7 Å². The number of thioether (sulfide) groups is 1. The maximum atomic E-state index is 12.7. The number of hydrogen-bond donors (Lipinski definition) is 1. The molecule has 0 amide bonds. The van der Waals surface area contributed by atoms with Crippen LogP contribution in [0.5, 0.6) is 0 Å². The lowest BCUT2D eigenvalue weighted by molar-refractivity contribution is -0.128. The number of aromatic nitrogens is 2. The molecule has 3 heterocycles. The molecular weight excluding hydrogens is 448 g/mol. The number of carbonyl (C=O) groups excluding carboxylic acids is 1. The molecule has 0 fully saturated rings. The number of aliphatic imine (C=N–C) groups is 1. The van der Waals surface area contributed by atoms with Crippen LogP contribution in [0.25, 0.3) is 0 Å². The van der Waals surface area contributed by atoms with Gasteiger partial charge in [0.2, 0.25) is 0 Å². The first-order valence-corrected chi connectivity index (χ1v) is 10.4. The Morgan fingerprint density at radius 2 is 2.26 bits per heavy atom. The molecule has 0 aromatic carbocycles. The summed E-state index contributed by atoms with van der Waals surface area (Å²) < 4.78 is 29.3. The molecule has 0 spiro atoms. The van der Waals surface area contributed by atoms with Gasteiger partial charge in [-0.25, -0.2) is 4.99 Å². The van der Waals surface area contributed by atoms with E-state index >= 15 is 0 Å². The van der Waals surface area contributed by atoms with Gasteiger partial charge in [-0.1, -0.05) is 23.4 Å².